The predicted molar refractivity (Wildman–Crippen MR) is 87.8 cm³/mol. The normalized spacial score (nSPS) is 10.8. The Hall–Kier alpha value is -3.06. The fourth-order valence-electron chi connectivity index (χ4n) is 2.09. The molecule has 0 saturated heterocycles. The fraction of sp³-hybridized carbons (Fsp3) is 0. The van der Waals surface area contributed by atoms with E-state index >= 15 is 0 Å². The highest BCUT2D eigenvalue weighted by atomic mass is 32.1. The van der Waals surface area contributed by atoms with Gasteiger partial charge in [-0.1, -0.05) is 18.2 Å². The van der Waals surface area contributed by atoms with Crippen molar-refractivity contribution in [2.75, 3.05) is 0 Å². The van der Waals surface area contributed by atoms with Gasteiger partial charge in [0.1, 0.15) is 16.1 Å². The van der Waals surface area contributed by atoms with Crippen LogP contribution >= 0.6 is 11.3 Å². The standard InChI is InChI=1S/C16H10N4O2S/c21-16-14-11(6-7-23-14)19-15(20-16)12-8-18-13(9-17-12)22-10-4-2-1-3-5-10/h1-9H,(H,19,20,21). The second kappa shape index (κ2) is 5.62. The molecule has 6 nitrogen and oxygen atoms in total. The highest BCUT2D eigenvalue weighted by Crippen LogP contribution is 2.20. The third kappa shape index (κ3) is 2.69. The average Bonchev–Trinajstić information content (AvgIpc) is 3.06. The number of benzene rings is 1. The van der Waals surface area contributed by atoms with Crippen LogP contribution in [0.2, 0.25) is 0 Å². The van der Waals surface area contributed by atoms with Crippen molar-refractivity contribution < 1.29 is 4.74 Å². The van der Waals surface area contributed by atoms with Crippen LogP contribution in [0.3, 0.4) is 0 Å². The zero-order valence-corrected chi connectivity index (χ0v) is 12.6. The molecule has 0 bridgehead atoms. The first kappa shape index (κ1) is 13.6. The first-order valence-corrected chi connectivity index (χ1v) is 7.70. The molecule has 0 aliphatic heterocycles. The molecule has 0 saturated carbocycles. The van der Waals surface area contributed by atoms with Crippen molar-refractivity contribution in [2.24, 2.45) is 0 Å². The number of thiophene rings is 1. The van der Waals surface area contributed by atoms with E-state index in [4.69, 9.17) is 4.74 Å². The van der Waals surface area contributed by atoms with Crippen molar-refractivity contribution in [3.63, 3.8) is 0 Å². The minimum atomic E-state index is -0.175. The van der Waals surface area contributed by atoms with Gasteiger partial charge in [0.05, 0.1) is 17.9 Å². The Bertz CT molecular complexity index is 1010. The van der Waals surface area contributed by atoms with Crippen molar-refractivity contribution in [1.82, 2.24) is 19.9 Å². The molecule has 3 aromatic heterocycles. The lowest BCUT2D eigenvalue weighted by Crippen LogP contribution is -2.08. The van der Waals surface area contributed by atoms with Crippen LogP contribution in [0.1, 0.15) is 0 Å². The van der Waals surface area contributed by atoms with Gasteiger partial charge in [0.25, 0.3) is 5.56 Å². The zero-order valence-electron chi connectivity index (χ0n) is 11.8. The Morgan fingerprint density at radius 1 is 1.04 bits per heavy atom. The van der Waals surface area contributed by atoms with Crippen LogP contribution in [0.25, 0.3) is 21.7 Å². The third-order valence-electron chi connectivity index (χ3n) is 3.15. The number of fused-ring (bicyclic) bond motifs is 1. The molecular weight excluding hydrogens is 312 g/mol. The van der Waals surface area contributed by atoms with Gasteiger partial charge in [-0.25, -0.2) is 15.0 Å². The molecule has 3 heterocycles. The van der Waals surface area contributed by atoms with E-state index in [2.05, 4.69) is 19.9 Å². The fourth-order valence-corrected chi connectivity index (χ4v) is 2.82. The van der Waals surface area contributed by atoms with Gasteiger partial charge in [-0.3, -0.25) is 4.79 Å². The first-order chi connectivity index (χ1) is 11.3. The summed E-state index contributed by atoms with van der Waals surface area (Å²) in [5, 5.41) is 1.83. The Labute approximate surface area is 134 Å². The van der Waals surface area contributed by atoms with Gasteiger partial charge < -0.3 is 9.72 Å². The maximum Gasteiger partial charge on any atom is 0.269 e. The van der Waals surface area contributed by atoms with Crippen molar-refractivity contribution in [3.8, 4) is 23.1 Å². The molecule has 112 valence electrons. The summed E-state index contributed by atoms with van der Waals surface area (Å²) in [4.78, 5) is 27.6. The second-order valence-electron chi connectivity index (χ2n) is 4.70. The zero-order chi connectivity index (χ0) is 15.6. The minimum absolute atomic E-state index is 0.175. The minimum Gasteiger partial charge on any atom is -0.438 e. The Morgan fingerprint density at radius 2 is 1.91 bits per heavy atom. The molecule has 23 heavy (non-hydrogen) atoms. The number of aromatic nitrogens is 4. The molecule has 0 unspecified atom stereocenters. The molecule has 1 N–H and O–H groups in total. The molecule has 0 spiro atoms. The number of rotatable bonds is 3. The predicted octanol–water partition coefficient (Wildman–Crippen LogP) is 3.23. The maximum atomic E-state index is 12.0. The van der Waals surface area contributed by atoms with Gasteiger partial charge in [-0.15, -0.1) is 11.3 Å². The Kier molecular flexibility index (Phi) is 3.32. The van der Waals surface area contributed by atoms with Gasteiger partial charge in [0.2, 0.25) is 5.88 Å². The van der Waals surface area contributed by atoms with Crippen molar-refractivity contribution in [3.05, 3.63) is 64.5 Å². The summed E-state index contributed by atoms with van der Waals surface area (Å²) >= 11 is 1.36. The monoisotopic (exact) mass is 322 g/mol. The maximum absolute atomic E-state index is 12.0. The summed E-state index contributed by atoms with van der Waals surface area (Å²) in [5.41, 5.74) is 0.960. The molecule has 0 fully saturated rings. The number of nitrogens with one attached hydrogen (secondary N) is 1. The molecular formula is C16H10N4O2S. The van der Waals surface area contributed by atoms with Gasteiger partial charge in [-0.05, 0) is 23.6 Å². The lowest BCUT2D eigenvalue weighted by molar-refractivity contribution is 0.460. The molecule has 0 aliphatic rings. The van der Waals surface area contributed by atoms with Gasteiger partial charge in [0, 0.05) is 0 Å². The van der Waals surface area contributed by atoms with Crippen LogP contribution in [-0.2, 0) is 0 Å². The lowest BCUT2D eigenvalue weighted by Gasteiger charge is -2.04. The number of ether oxygens (including phenoxy) is 1. The van der Waals surface area contributed by atoms with Crippen LogP contribution in [0, 0.1) is 0 Å². The number of aromatic amines is 1. The number of H-pyrrole nitrogens is 1. The van der Waals surface area contributed by atoms with E-state index in [1.54, 1.807) is 6.07 Å². The Morgan fingerprint density at radius 3 is 2.70 bits per heavy atom. The van der Waals surface area contributed by atoms with E-state index < -0.39 is 0 Å². The Balaban J connectivity index is 1.65. The molecule has 4 rings (SSSR count). The van der Waals surface area contributed by atoms with E-state index in [-0.39, 0.29) is 5.56 Å². The lowest BCUT2D eigenvalue weighted by atomic mass is 10.3. The topological polar surface area (TPSA) is 80.8 Å². The quantitative estimate of drug-likeness (QED) is 0.626. The molecule has 1 aromatic carbocycles. The van der Waals surface area contributed by atoms with Gasteiger partial charge in [0.15, 0.2) is 5.82 Å². The third-order valence-corrected chi connectivity index (χ3v) is 4.05. The summed E-state index contributed by atoms with van der Waals surface area (Å²) in [6.07, 6.45) is 3.02. The summed E-state index contributed by atoms with van der Waals surface area (Å²) < 4.78 is 6.19. The SMILES string of the molecule is O=c1[nH]c(-c2cnc(Oc3ccccc3)cn2)nc2ccsc12. The number of nitrogens with zero attached hydrogens (tertiary/aromatic N) is 3. The van der Waals surface area contributed by atoms with Crippen LogP contribution in [0.4, 0.5) is 0 Å². The highest BCUT2D eigenvalue weighted by molar-refractivity contribution is 7.17. The van der Waals surface area contributed by atoms with Crippen LogP contribution in [0.5, 0.6) is 11.6 Å². The second-order valence-corrected chi connectivity index (χ2v) is 5.62. The largest absolute Gasteiger partial charge is 0.438 e. The molecule has 4 aromatic rings. The van der Waals surface area contributed by atoms with E-state index in [0.717, 1.165) is 0 Å². The smallest absolute Gasteiger partial charge is 0.269 e. The van der Waals surface area contributed by atoms with Gasteiger partial charge >= 0.3 is 0 Å². The molecule has 0 amide bonds. The molecule has 0 atom stereocenters. The number of hydrogen-bond acceptors (Lipinski definition) is 6. The highest BCUT2D eigenvalue weighted by Gasteiger charge is 2.09. The van der Waals surface area contributed by atoms with Gasteiger partial charge in [-0.2, -0.15) is 0 Å². The van der Waals surface area contributed by atoms with E-state index in [0.29, 0.717) is 33.4 Å². The van der Waals surface area contributed by atoms with Crippen molar-refractivity contribution in [1.29, 1.82) is 0 Å². The number of para-hydroxylation sites is 1. The van der Waals surface area contributed by atoms with E-state index in [1.165, 1.54) is 23.7 Å². The summed E-state index contributed by atoms with van der Waals surface area (Å²) in [6.45, 7) is 0. The number of hydrogen-bond donors (Lipinski definition) is 1. The van der Waals surface area contributed by atoms with E-state index in [9.17, 15) is 4.79 Å². The summed E-state index contributed by atoms with van der Waals surface area (Å²) in [7, 11) is 0. The molecule has 0 aliphatic carbocycles. The summed E-state index contributed by atoms with van der Waals surface area (Å²) in [6, 6.07) is 11.1. The first-order valence-electron chi connectivity index (χ1n) is 6.82. The average molecular weight is 322 g/mol. The molecule has 0 radical (unpaired) electrons. The summed E-state index contributed by atoms with van der Waals surface area (Å²) in [5.74, 6) is 1.44. The van der Waals surface area contributed by atoms with E-state index in [1.807, 2.05) is 35.7 Å². The molecule has 7 heteroatoms. The van der Waals surface area contributed by atoms with Crippen molar-refractivity contribution in [2.45, 2.75) is 0 Å². The van der Waals surface area contributed by atoms with Crippen molar-refractivity contribution >= 4 is 21.6 Å². The van der Waals surface area contributed by atoms with Crippen LogP contribution < -0.4 is 10.3 Å². The van der Waals surface area contributed by atoms with Crippen LogP contribution in [0.15, 0.2) is 59.0 Å². The van der Waals surface area contributed by atoms with Crippen LogP contribution in [-0.4, -0.2) is 19.9 Å².